The quantitative estimate of drug-likeness (QED) is 0.847. The zero-order valence-electron chi connectivity index (χ0n) is 10.3. The smallest absolute Gasteiger partial charge is 0.336 e. The Morgan fingerprint density at radius 2 is 2.32 bits per heavy atom. The second kappa shape index (κ2) is 6.25. The molecule has 0 aliphatic heterocycles. The van der Waals surface area contributed by atoms with Crippen molar-refractivity contribution in [3.05, 3.63) is 46.5 Å². The second-order valence-electron chi connectivity index (χ2n) is 3.96. The fraction of sp³-hybridized carbons (Fsp3) is 0.231. The number of rotatable bonds is 5. The lowest BCUT2D eigenvalue weighted by atomic mass is 10.2. The van der Waals surface area contributed by atoms with Crippen LogP contribution in [0.4, 0.5) is 0 Å². The summed E-state index contributed by atoms with van der Waals surface area (Å²) >= 11 is 4.90. The number of hydrogen-bond acceptors (Lipinski definition) is 3. The molecule has 100 valence electrons. The molecule has 0 unspecified atom stereocenters. The molecule has 1 N–H and O–H groups in total. The summed E-state index contributed by atoms with van der Waals surface area (Å²) in [5, 5.41) is 9.14. The van der Waals surface area contributed by atoms with Crippen molar-refractivity contribution in [2.75, 3.05) is 5.75 Å². The van der Waals surface area contributed by atoms with Crippen LogP contribution in [0.25, 0.3) is 0 Å². The number of benzene rings is 1. The van der Waals surface area contributed by atoms with Crippen molar-refractivity contribution in [1.29, 1.82) is 0 Å². The lowest BCUT2D eigenvalue weighted by Gasteiger charge is -2.08. The minimum atomic E-state index is -0.895. The minimum Gasteiger partial charge on any atom is -0.478 e. The number of carboxylic acid groups (broad SMARTS) is 1. The summed E-state index contributed by atoms with van der Waals surface area (Å²) in [6.45, 7) is 2.76. The predicted octanol–water partition coefficient (Wildman–Crippen LogP) is 3.44. The summed E-state index contributed by atoms with van der Waals surface area (Å²) in [6.07, 6.45) is 3.69. The van der Waals surface area contributed by atoms with Crippen molar-refractivity contribution in [2.45, 2.75) is 18.4 Å². The standard InChI is InChI=1S/C13H13BrN2O2S/c1-9-15-4-5-16(9)6-7-19-12-8-10(14)2-3-11(12)13(17)18/h2-5,8H,6-7H2,1H3,(H,17,18). The molecule has 0 atom stereocenters. The third kappa shape index (κ3) is 3.61. The van der Waals surface area contributed by atoms with E-state index in [1.807, 2.05) is 23.8 Å². The van der Waals surface area contributed by atoms with Gasteiger partial charge in [-0.25, -0.2) is 9.78 Å². The Bertz CT molecular complexity index is 598. The summed E-state index contributed by atoms with van der Waals surface area (Å²) in [5.41, 5.74) is 0.343. The molecule has 0 spiro atoms. The molecule has 0 aliphatic carbocycles. The Morgan fingerprint density at radius 3 is 2.95 bits per heavy atom. The molecule has 1 aromatic heterocycles. The number of hydrogen-bond donors (Lipinski definition) is 1. The molecule has 0 bridgehead atoms. The Hall–Kier alpha value is -1.27. The average Bonchev–Trinajstić information content (AvgIpc) is 2.75. The Morgan fingerprint density at radius 1 is 1.53 bits per heavy atom. The van der Waals surface area contributed by atoms with Gasteiger partial charge in [-0.2, -0.15) is 0 Å². The summed E-state index contributed by atoms with van der Waals surface area (Å²) in [4.78, 5) is 16.1. The fourth-order valence-corrected chi connectivity index (χ4v) is 3.23. The van der Waals surface area contributed by atoms with Crippen molar-refractivity contribution in [3.8, 4) is 0 Å². The number of aromatic carboxylic acids is 1. The van der Waals surface area contributed by atoms with E-state index in [-0.39, 0.29) is 0 Å². The maximum absolute atomic E-state index is 11.1. The first-order valence-corrected chi connectivity index (χ1v) is 7.49. The van der Waals surface area contributed by atoms with Gasteiger partial charge in [0.15, 0.2) is 0 Å². The van der Waals surface area contributed by atoms with Crippen LogP contribution in [0.15, 0.2) is 40.0 Å². The molecule has 0 fully saturated rings. The molecule has 1 aromatic carbocycles. The van der Waals surface area contributed by atoms with Gasteiger partial charge < -0.3 is 9.67 Å². The number of aromatic nitrogens is 2. The lowest BCUT2D eigenvalue weighted by Crippen LogP contribution is -2.03. The van der Waals surface area contributed by atoms with Crippen LogP contribution in [0.3, 0.4) is 0 Å². The zero-order valence-corrected chi connectivity index (χ0v) is 12.7. The first-order valence-electron chi connectivity index (χ1n) is 5.71. The molecule has 2 rings (SSSR count). The molecule has 4 nitrogen and oxygen atoms in total. The van der Waals surface area contributed by atoms with E-state index < -0.39 is 5.97 Å². The van der Waals surface area contributed by atoms with Crippen LogP contribution in [0.1, 0.15) is 16.2 Å². The summed E-state index contributed by atoms with van der Waals surface area (Å²) in [7, 11) is 0. The van der Waals surface area contributed by atoms with Crippen molar-refractivity contribution in [1.82, 2.24) is 9.55 Å². The number of thioether (sulfide) groups is 1. The van der Waals surface area contributed by atoms with E-state index in [4.69, 9.17) is 5.11 Å². The van der Waals surface area contributed by atoms with Crippen molar-refractivity contribution >= 4 is 33.7 Å². The molecule has 0 amide bonds. The Balaban J connectivity index is 2.05. The van der Waals surface area contributed by atoms with Crippen LogP contribution in [0.5, 0.6) is 0 Å². The average molecular weight is 341 g/mol. The van der Waals surface area contributed by atoms with E-state index in [2.05, 4.69) is 20.9 Å². The van der Waals surface area contributed by atoms with E-state index in [9.17, 15) is 4.79 Å². The van der Waals surface area contributed by atoms with Crippen LogP contribution in [-0.2, 0) is 6.54 Å². The Kier molecular flexibility index (Phi) is 4.66. The number of aryl methyl sites for hydroxylation is 2. The van der Waals surface area contributed by atoms with E-state index in [0.717, 1.165) is 27.5 Å². The van der Waals surface area contributed by atoms with Gasteiger partial charge in [0, 0.05) is 34.1 Å². The lowest BCUT2D eigenvalue weighted by molar-refractivity contribution is 0.0693. The highest BCUT2D eigenvalue weighted by Gasteiger charge is 2.10. The van der Waals surface area contributed by atoms with Crippen LogP contribution < -0.4 is 0 Å². The van der Waals surface area contributed by atoms with Gasteiger partial charge in [-0.15, -0.1) is 11.8 Å². The predicted molar refractivity (Wildman–Crippen MR) is 78.8 cm³/mol. The van der Waals surface area contributed by atoms with Crippen molar-refractivity contribution < 1.29 is 9.90 Å². The van der Waals surface area contributed by atoms with Crippen molar-refractivity contribution in [2.24, 2.45) is 0 Å². The molecule has 2 aromatic rings. The number of halogens is 1. The molecule has 0 aliphatic rings. The van der Waals surface area contributed by atoms with Crippen LogP contribution >= 0.6 is 27.7 Å². The summed E-state index contributed by atoms with van der Waals surface area (Å²) in [6, 6.07) is 5.21. The van der Waals surface area contributed by atoms with Crippen LogP contribution in [-0.4, -0.2) is 26.4 Å². The van der Waals surface area contributed by atoms with E-state index in [0.29, 0.717) is 5.56 Å². The van der Waals surface area contributed by atoms with Crippen LogP contribution in [0, 0.1) is 6.92 Å². The molecule has 19 heavy (non-hydrogen) atoms. The number of carbonyl (C=O) groups is 1. The fourth-order valence-electron chi connectivity index (χ4n) is 1.69. The number of nitrogens with zero attached hydrogens (tertiary/aromatic N) is 2. The summed E-state index contributed by atoms with van der Waals surface area (Å²) < 4.78 is 2.93. The topological polar surface area (TPSA) is 55.1 Å². The second-order valence-corrected chi connectivity index (χ2v) is 6.01. The van der Waals surface area contributed by atoms with E-state index >= 15 is 0 Å². The van der Waals surface area contributed by atoms with E-state index in [1.165, 1.54) is 11.8 Å². The van der Waals surface area contributed by atoms with Gasteiger partial charge in [-0.3, -0.25) is 0 Å². The first kappa shape index (κ1) is 14.1. The van der Waals surface area contributed by atoms with Gasteiger partial charge in [0.05, 0.1) is 5.56 Å². The minimum absolute atomic E-state index is 0.343. The van der Waals surface area contributed by atoms with Gasteiger partial charge in [-0.1, -0.05) is 15.9 Å². The largest absolute Gasteiger partial charge is 0.478 e. The number of imidazole rings is 1. The van der Waals surface area contributed by atoms with Gasteiger partial charge in [0.1, 0.15) is 5.82 Å². The molecule has 1 heterocycles. The molecule has 6 heteroatoms. The summed E-state index contributed by atoms with van der Waals surface area (Å²) in [5.74, 6) is 0.871. The third-order valence-corrected chi connectivity index (χ3v) is 4.22. The van der Waals surface area contributed by atoms with Gasteiger partial charge in [0.25, 0.3) is 0 Å². The molecule has 0 radical (unpaired) electrons. The number of carboxylic acids is 1. The van der Waals surface area contributed by atoms with Crippen molar-refractivity contribution in [3.63, 3.8) is 0 Å². The highest BCUT2D eigenvalue weighted by molar-refractivity contribution is 9.10. The highest BCUT2D eigenvalue weighted by atomic mass is 79.9. The SMILES string of the molecule is Cc1nccn1CCSc1cc(Br)ccc1C(=O)O. The maximum atomic E-state index is 11.1. The third-order valence-electron chi connectivity index (χ3n) is 2.69. The highest BCUT2D eigenvalue weighted by Crippen LogP contribution is 2.26. The molecular weight excluding hydrogens is 328 g/mol. The van der Waals surface area contributed by atoms with Gasteiger partial charge in [0.2, 0.25) is 0 Å². The van der Waals surface area contributed by atoms with Crippen LogP contribution in [0.2, 0.25) is 0 Å². The monoisotopic (exact) mass is 340 g/mol. The molecular formula is C13H13BrN2O2S. The normalized spacial score (nSPS) is 10.6. The Labute approximate surface area is 124 Å². The van der Waals surface area contributed by atoms with Gasteiger partial charge in [-0.05, 0) is 25.1 Å². The van der Waals surface area contributed by atoms with E-state index in [1.54, 1.807) is 18.3 Å². The molecule has 0 saturated carbocycles. The molecule has 0 saturated heterocycles. The maximum Gasteiger partial charge on any atom is 0.336 e. The van der Waals surface area contributed by atoms with Gasteiger partial charge >= 0.3 is 5.97 Å². The first-order chi connectivity index (χ1) is 9.08. The zero-order chi connectivity index (χ0) is 13.8.